The monoisotopic (exact) mass is 270 g/mol. The molecule has 104 valence electrons. The van der Waals surface area contributed by atoms with Gasteiger partial charge >= 0.3 is 5.97 Å². The van der Waals surface area contributed by atoms with Gasteiger partial charge in [0.05, 0.1) is 7.11 Å². The van der Waals surface area contributed by atoms with Crippen molar-refractivity contribution in [2.75, 3.05) is 13.7 Å². The summed E-state index contributed by atoms with van der Waals surface area (Å²) in [5.41, 5.74) is 2.02. The van der Waals surface area contributed by atoms with Crippen LogP contribution in [0, 0.1) is 6.92 Å². The molecule has 20 heavy (non-hydrogen) atoms. The van der Waals surface area contributed by atoms with Gasteiger partial charge in [-0.3, -0.25) is 4.79 Å². The molecule has 0 heterocycles. The SMILES string of the molecule is COC(=O)C(COc1ccccc1)c1cccc(C)c1. The molecule has 0 saturated heterocycles. The summed E-state index contributed by atoms with van der Waals surface area (Å²) in [5, 5.41) is 0. The number of hydrogen-bond donors (Lipinski definition) is 0. The normalized spacial score (nSPS) is 11.7. The molecule has 3 heteroatoms. The van der Waals surface area contributed by atoms with E-state index in [2.05, 4.69) is 0 Å². The number of carbonyl (C=O) groups is 1. The minimum absolute atomic E-state index is 0.264. The van der Waals surface area contributed by atoms with Gasteiger partial charge in [0.15, 0.2) is 0 Å². The van der Waals surface area contributed by atoms with Gasteiger partial charge in [0, 0.05) is 0 Å². The van der Waals surface area contributed by atoms with Crippen LogP contribution < -0.4 is 4.74 Å². The fraction of sp³-hybridized carbons (Fsp3) is 0.235. The number of ether oxygens (including phenoxy) is 2. The quantitative estimate of drug-likeness (QED) is 0.782. The zero-order valence-corrected chi connectivity index (χ0v) is 11.7. The maximum absolute atomic E-state index is 11.9. The van der Waals surface area contributed by atoms with Crippen molar-refractivity contribution in [2.45, 2.75) is 12.8 Å². The molecule has 0 bridgehead atoms. The summed E-state index contributed by atoms with van der Waals surface area (Å²) in [5.74, 6) is 0.0423. The number of benzene rings is 2. The lowest BCUT2D eigenvalue weighted by molar-refractivity contribution is -0.143. The molecule has 2 rings (SSSR count). The summed E-state index contributed by atoms with van der Waals surface area (Å²) in [7, 11) is 1.40. The van der Waals surface area contributed by atoms with Crippen LogP contribution in [0.15, 0.2) is 54.6 Å². The highest BCUT2D eigenvalue weighted by atomic mass is 16.5. The van der Waals surface area contributed by atoms with Gasteiger partial charge in [-0.15, -0.1) is 0 Å². The van der Waals surface area contributed by atoms with E-state index in [9.17, 15) is 4.79 Å². The minimum atomic E-state index is -0.417. The summed E-state index contributed by atoms with van der Waals surface area (Å²) in [4.78, 5) is 11.9. The van der Waals surface area contributed by atoms with Crippen molar-refractivity contribution in [3.05, 3.63) is 65.7 Å². The van der Waals surface area contributed by atoms with Crippen LogP contribution in [0.3, 0.4) is 0 Å². The Balaban J connectivity index is 2.14. The van der Waals surface area contributed by atoms with Gasteiger partial charge in [0.2, 0.25) is 0 Å². The first-order valence-corrected chi connectivity index (χ1v) is 6.53. The number of carbonyl (C=O) groups excluding carboxylic acids is 1. The Kier molecular flexibility index (Phi) is 4.77. The maximum atomic E-state index is 11.9. The summed E-state index contributed by atoms with van der Waals surface area (Å²) in [6.45, 7) is 2.26. The summed E-state index contributed by atoms with van der Waals surface area (Å²) < 4.78 is 10.6. The fourth-order valence-electron chi connectivity index (χ4n) is 2.03. The van der Waals surface area contributed by atoms with Gasteiger partial charge in [0.25, 0.3) is 0 Å². The molecule has 2 aromatic carbocycles. The third kappa shape index (κ3) is 3.60. The number of hydrogen-bond acceptors (Lipinski definition) is 3. The van der Waals surface area contributed by atoms with E-state index in [1.165, 1.54) is 7.11 Å². The molecule has 0 amide bonds. The first-order valence-electron chi connectivity index (χ1n) is 6.53. The molecule has 1 atom stereocenters. The third-order valence-corrected chi connectivity index (χ3v) is 3.09. The van der Waals surface area contributed by atoms with Gasteiger partial charge in [-0.1, -0.05) is 48.0 Å². The van der Waals surface area contributed by atoms with E-state index < -0.39 is 5.92 Å². The van der Waals surface area contributed by atoms with Crippen LogP contribution in [0.25, 0.3) is 0 Å². The minimum Gasteiger partial charge on any atom is -0.492 e. The van der Waals surface area contributed by atoms with Gasteiger partial charge in [-0.2, -0.15) is 0 Å². The zero-order valence-electron chi connectivity index (χ0n) is 11.7. The number of aryl methyl sites for hydroxylation is 1. The topological polar surface area (TPSA) is 35.5 Å². The Morgan fingerprint density at radius 2 is 1.85 bits per heavy atom. The average molecular weight is 270 g/mol. The molecule has 0 aliphatic carbocycles. The molecule has 3 nitrogen and oxygen atoms in total. The van der Waals surface area contributed by atoms with Crippen LogP contribution in [0.5, 0.6) is 5.75 Å². The van der Waals surface area contributed by atoms with E-state index in [0.717, 1.165) is 16.9 Å². The predicted molar refractivity (Wildman–Crippen MR) is 77.9 cm³/mol. The van der Waals surface area contributed by atoms with Crippen LogP contribution in [0.4, 0.5) is 0 Å². The largest absolute Gasteiger partial charge is 0.492 e. The van der Waals surface area contributed by atoms with Crippen molar-refractivity contribution in [2.24, 2.45) is 0 Å². The molecule has 2 aromatic rings. The molecule has 0 aliphatic rings. The Morgan fingerprint density at radius 3 is 2.50 bits per heavy atom. The van der Waals surface area contributed by atoms with Crippen molar-refractivity contribution in [3.63, 3.8) is 0 Å². The van der Waals surface area contributed by atoms with Crippen LogP contribution in [0.2, 0.25) is 0 Å². The molecule has 0 radical (unpaired) electrons. The second-order valence-corrected chi connectivity index (χ2v) is 4.61. The van der Waals surface area contributed by atoms with E-state index in [1.807, 2.05) is 61.5 Å². The van der Waals surface area contributed by atoms with Crippen molar-refractivity contribution >= 4 is 5.97 Å². The molecule has 0 aromatic heterocycles. The maximum Gasteiger partial charge on any atom is 0.316 e. The highest BCUT2D eigenvalue weighted by Gasteiger charge is 2.22. The van der Waals surface area contributed by atoms with Crippen molar-refractivity contribution in [1.29, 1.82) is 0 Å². The van der Waals surface area contributed by atoms with Crippen LogP contribution in [0.1, 0.15) is 17.0 Å². The van der Waals surface area contributed by atoms with Crippen LogP contribution in [-0.4, -0.2) is 19.7 Å². The average Bonchev–Trinajstić information content (AvgIpc) is 2.48. The Bertz CT molecular complexity index is 563. The predicted octanol–water partition coefficient (Wildman–Crippen LogP) is 3.33. The van der Waals surface area contributed by atoms with Gasteiger partial charge in [-0.25, -0.2) is 0 Å². The van der Waals surface area contributed by atoms with Gasteiger partial charge in [-0.05, 0) is 24.6 Å². The van der Waals surface area contributed by atoms with E-state index in [4.69, 9.17) is 9.47 Å². The van der Waals surface area contributed by atoms with Crippen molar-refractivity contribution < 1.29 is 14.3 Å². The number of esters is 1. The lowest BCUT2D eigenvalue weighted by Gasteiger charge is -2.16. The first-order chi connectivity index (χ1) is 9.70. The number of methoxy groups -OCH3 is 1. The van der Waals surface area contributed by atoms with E-state index in [1.54, 1.807) is 0 Å². The third-order valence-electron chi connectivity index (χ3n) is 3.09. The highest BCUT2D eigenvalue weighted by Crippen LogP contribution is 2.20. The zero-order chi connectivity index (χ0) is 14.4. The second kappa shape index (κ2) is 6.75. The second-order valence-electron chi connectivity index (χ2n) is 4.61. The molecule has 0 N–H and O–H groups in total. The Morgan fingerprint density at radius 1 is 1.10 bits per heavy atom. The highest BCUT2D eigenvalue weighted by molar-refractivity contribution is 5.78. The van der Waals surface area contributed by atoms with Gasteiger partial charge < -0.3 is 9.47 Å². The summed E-state index contributed by atoms with van der Waals surface area (Å²) in [6.07, 6.45) is 0. The molecule has 0 aliphatic heterocycles. The Hall–Kier alpha value is -2.29. The number of para-hydroxylation sites is 1. The molecule has 1 unspecified atom stereocenters. The summed E-state index contributed by atoms with van der Waals surface area (Å²) in [6, 6.07) is 17.3. The summed E-state index contributed by atoms with van der Waals surface area (Å²) >= 11 is 0. The molecular weight excluding hydrogens is 252 g/mol. The lowest BCUT2D eigenvalue weighted by atomic mass is 9.98. The van der Waals surface area contributed by atoms with Crippen molar-refractivity contribution in [3.8, 4) is 5.75 Å². The van der Waals surface area contributed by atoms with Gasteiger partial charge in [0.1, 0.15) is 18.3 Å². The van der Waals surface area contributed by atoms with E-state index >= 15 is 0 Å². The number of rotatable bonds is 5. The lowest BCUT2D eigenvalue weighted by Crippen LogP contribution is -2.21. The van der Waals surface area contributed by atoms with Crippen molar-refractivity contribution in [1.82, 2.24) is 0 Å². The fourth-order valence-corrected chi connectivity index (χ4v) is 2.03. The van der Waals surface area contributed by atoms with E-state index in [-0.39, 0.29) is 12.6 Å². The molecule has 0 fully saturated rings. The van der Waals surface area contributed by atoms with E-state index in [0.29, 0.717) is 0 Å². The molecule has 0 saturated carbocycles. The smallest absolute Gasteiger partial charge is 0.316 e. The van der Waals surface area contributed by atoms with Crippen LogP contribution >= 0.6 is 0 Å². The standard InChI is InChI=1S/C17H18O3/c1-13-7-6-8-14(11-13)16(17(18)19-2)12-20-15-9-4-3-5-10-15/h3-11,16H,12H2,1-2H3. The molecule has 0 spiro atoms. The molecular formula is C17H18O3. The van der Waals surface area contributed by atoms with Crippen LogP contribution in [-0.2, 0) is 9.53 Å². The Labute approximate surface area is 119 Å². The first kappa shape index (κ1) is 14.1.